The molecule has 0 saturated heterocycles. The summed E-state index contributed by atoms with van der Waals surface area (Å²) in [5.41, 5.74) is 2.07. The van der Waals surface area contributed by atoms with Crippen LogP contribution in [0.2, 0.25) is 0 Å². The molecule has 27 heavy (non-hydrogen) atoms. The number of carboxylic acids is 1. The zero-order chi connectivity index (χ0) is 19.9. The van der Waals surface area contributed by atoms with Crippen molar-refractivity contribution in [3.05, 3.63) is 23.3 Å². The van der Waals surface area contributed by atoms with E-state index in [9.17, 15) is 4.79 Å². The molecule has 0 aliphatic heterocycles. The van der Waals surface area contributed by atoms with Crippen LogP contribution in [-0.2, 0) is 11.2 Å². The van der Waals surface area contributed by atoms with Gasteiger partial charge in [0.05, 0.1) is 6.61 Å². The van der Waals surface area contributed by atoms with E-state index in [0.717, 1.165) is 36.3 Å². The average Bonchev–Trinajstić information content (AvgIpc) is 2.65. The van der Waals surface area contributed by atoms with Gasteiger partial charge in [0.1, 0.15) is 11.5 Å². The van der Waals surface area contributed by atoms with E-state index >= 15 is 0 Å². The summed E-state index contributed by atoms with van der Waals surface area (Å²) in [6, 6.07) is 3.75. The SMILES string of the molecule is CCCCCCCCCCCCOc1c(C)cc(OCC(=O)O)cc1CC. The standard InChI is InChI=1S/C23H38O4/c1-4-6-7-8-9-10-11-12-13-14-15-26-23-19(3)16-21(17-20(23)5-2)27-18-22(24)25/h16-17H,4-15,18H2,1-3H3,(H,24,25). The molecule has 0 aliphatic rings. The van der Waals surface area contributed by atoms with Gasteiger partial charge in [-0.05, 0) is 43.0 Å². The minimum atomic E-state index is -0.966. The van der Waals surface area contributed by atoms with Gasteiger partial charge in [-0.15, -0.1) is 0 Å². The molecule has 0 aromatic heterocycles. The van der Waals surface area contributed by atoms with E-state index in [1.54, 1.807) is 0 Å². The summed E-state index contributed by atoms with van der Waals surface area (Å²) in [5, 5.41) is 8.74. The molecule has 0 bridgehead atoms. The molecule has 0 aliphatic carbocycles. The Morgan fingerprint density at radius 1 is 0.889 bits per heavy atom. The summed E-state index contributed by atoms with van der Waals surface area (Å²) in [4.78, 5) is 10.7. The number of rotatable bonds is 16. The minimum absolute atomic E-state index is 0.318. The van der Waals surface area contributed by atoms with Crippen LogP contribution in [0.5, 0.6) is 11.5 Å². The van der Waals surface area contributed by atoms with Crippen molar-refractivity contribution < 1.29 is 19.4 Å². The topological polar surface area (TPSA) is 55.8 Å². The Hall–Kier alpha value is -1.71. The number of hydrogen-bond donors (Lipinski definition) is 1. The van der Waals surface area contributed by atoms with Gasteiger partial charge in [0.25, 0.3) is 0 Å². The Balaban J connectivity index is 2.26. The Kier molecular flexibility index (Phi) is 12.4. The molecular weight excluding hydrogens is 340 g/mol. The number of carboxylic acid groups (broad SMARTS) is 1. The van der Waals surface area contributed by atoms with Gasteiger partial charge in [0, 0.05) is 0 Å². The van der Waals surface area contributed by atoms with Crippen molar-refractivity contribution in [3.8, 4) is 11.5 Å². The first-order valence-corrected chi connectivity index (χ1v) is 10.7. The summed E-state index contributed by atoms with van der Waals surface area (Å²) in [5.74, 6) is 0.557. The molecule has 1 aromatic rings. The Labute approximate surface area is 165 Å². The third-order valence-electron chi connectivity index (χ3n) is 4.81. The second kappa shape index (κ2) is 14.4. The lowest BCUT2D eigenvalue weighted by Crippen LogP contribution is -2.10. The smallest absolute Gasteiger partial charge is 0.341 e. The molecule has 0 unspecified atom stereocenters. The van der Waals surface area contributed by atoms with Crippen molar-refractivity contribution >= 4 is 5.97 Å². The molecule has 0 radical (unpaired) electrons. The number of hydrogen-bond acceptors (Lipinski definition) is 3. The quantitative estimate of drug-likeness (QED) is 0.342. The van der Waals surface area contributed by atoms with Gasteiger partial charge in [0.2, 0.25) is 0 Å². The van der Waals surface area contributed by atoms with Crippen molar-refractivity contribution in [1.29, 1.82) is 0 Å². The van der Waals surface area contributed by atoms with Crippen molar-refractivity contribution in [2.45, 2.75) is 91.4 Å². The molecule has 0 fully saturated rings. The van der Waals surface area contributed by atoms with E-state index in [1.807, 2.05) is 19.1 Å². The summed E-state index contributed by atoms with van der Waals surface area (Å²) in [6.45, 7) is 6.74. The maximum atomic E-state index is 10.7. The fraction of sp³-hybridized carbons (Fsp3) is 0.696. The molecule has 4 heteroatoms. The lowest BCUT2D eigenvalue weighted by Gasteiger charge is -2.15. The highest BCUT2D eigenvalue weighted by Crippen LogP contribution is 2.30. The largest absolute Gasteiger partial charge is 0.493 e. The van der Waals surface area contributed by atoms with E-state index in [0.29, 0.717) is 5.75 Å². The lowest BCUT2D eigenvalue weighted by molar-refractivity contribution is -0.139. The summed E-state index contributed by atoms with van der Waals surface area (Å²) in [6.07, 6.45) is 14.0. The lowest BCUT2D eigenvalue weighted by atomic mass is 10.1. The summed E-state index contributed by atoms with van der Waals surface area (Å²) < 4.78 is 11.3. The van der Waals surface area contributed by atoms with E-state index in [-0.39, 0.29) is 6.61 Å². The van der Waals surface area contributed by atoms with Crippen molar-refractivity contribution in [1.82, 2.24) is 0 Å². The maximum Gasteiger partial charge on any atom is 0.341 e. The van der Waals surface area contributed by atoms with Crippen LogP contribution >= 0.6 is 0 Å². The van der Waals surface area contributed by atoms with Crippen LogP contribution in [0.25, 0.3) is 0 Å². The number of unbranched alkanes of at least 4 members (excludes halogenated alkanes) is 9. The number of benzene rings is 1. The van der Waals surface area contributed by atoms with Gasteiger partial charge < -0.3 is 14.6 Å². The van der Waals surface area contributed by atoms with Gasteiger partial charge in [-0.25, -0.2) is 4.79 Å². The highest BCUT2D eigenvalue weighted by molar-refractivity contribution is 5.68. The Bertz CT molecular complexity index is 539. The van der Waals surface area contributed by atoms with E-state index in [2.05, 4.69) is 13.8 Å². The number of aliphatic carboxylic acids is 1. The summed E-state index contributed by atoms with van der Waals surface area (Å²) >= 11 is 0. The fourth-order valence-corrected chi connectivity index (χ4v) is 3.27. The van der Waals surface area contributed by atoms with E-state index in [1.165, 1.54) is 57.8 Å². The number of ether oxygens (including phenoxy) is 2. The van der Waals surface area contributed by atoms with Crippen LogP contribution in [0.3, 0.4) is 0 Å². The molecule has 1 N–H and O–H groups in total. The predicted octanol–water partition coefficient (Wildman–Crippen LogP) is 6.32. The first kappa shape index (κ1) is 23.3. The highest BCUT2D eigenvalue weighted by Gasteiger charge is 2.10. The van der Waals surface area contributed by atoms with Gasteiger partial charge in [-0.1, -0.05) is 71.6 Å². The molecule has 0 atom stereocenters. The second-order valence-electron chi connectivity index (χ2n) is 7.29. The van der Waals surface area contributed by atoms with E-state index < -0.39 is 5.97 Å². The Morgan fingerprint density at radius 3 is 2.04 bits per heavy atom. The average molecular weight is 379 g/mol. The monoisotopic (exact) mass is 378 g/mol. The Morgan fingerprint density at radius 2 is 1.48 bits per heavy atom. The van der Waals surface area contributed by atoms with Crippen molar-refractivity contribution in [2.75, 3.05) is 13.2 Å². The maximum absolute atomic E-state index is 10.7. The van der Waals surface area contributed by atoms with Gasteiger partial charge in [-0.2, -0.15) is 0 Å². The molecule has 0 spiro atoms. The third kappa shape index (κ3) is 10.3. The molecular formula is C23H38O4. The number of carbonyl (C=O) groups is 1. The zero-order valence-electron chi connectivity index (χ0n) is 17.5. The number of aryl methyl sites for hydroxylation is 2. The molecule has 4 nitrogen and oxygen atoms in total. The highest BCUT2D eigenvalue weighted by atomic mass is 16.5. The minimum Gasteiger partial charge on any atom is -0.493 e. The van der Waals surface area contributed by atoms with Crippen LogP contribution < -0.4 is 9.47 Å². The second-order valence-corrected chi connectivity index (χ2v) is 7.29. The summed E-state index contributed by atoms with van der Waals surface area (Å²) in [7, 11) is 0. The normalized spacial score (nSPS) is 10.8. The van der Waals surface area contributed by atoms with E-state index in [4.69, 9.17) is 14.6 Å². The van der Waals surface area contributed by atoms with Crippen LogP contribution in [0.1, 0.15) is 89.2 Å². The molecule has 0 heterocycles. The zero-order valence-corrected chi connectivity index (χ0v) is 17.5. The first-order chi connectivity index (χ1) is 13.1. The third-order valence-corrected chi connectivity index (χ3v) is 4.81. The molecule has 1 rings (SSSR count). The van der Waals surface area contributed by atoms with Gasteiger partial charge in [-0.3, -0.25) is 0 Å². The fourth-order valence-electron chi connectivity index (χ4n) is 3.27. The van der Waals surface area contributed by atoms with Crippen LogP contribution in [0.15, 0.2) is 12.1 Å². The van der Waals surface area contributed by atoms with Gasteiger partial charge >= 0.3 is 5.97 Å². The van der Waals surface area contributed by atoms with Crippen LogP contribution in [0.4, 0.5) is 0 Å². The van der Waals surface area contributed by atoms with Crippen LogP contribution in [0, 0.1) is 6.92 Å². The molecule has 0 saturated carbocycles. The molecule has 1 aromatic carbocycles. The molecule has 154 valence electrons. The van der Waals surface area contributed by atoms with Crippen molar-refractivity contribution in [2.24, 2.45) is 0 Å². The first-order valence-electron chi connectivity index (χ1n) is 10.7. The van der Waals surface area contributed by atoms with Crippen molar-refractivity contribution in [3.63, 3.8) is 0 Å². The molecule has 0 amide bonds. The van der Waals surface area contributed by atoms with Gasteiger partial charge in [0.15, 0.2) is 6.61 Å². The predicted molar refractivity (Wildman–Crippen MR) is 111 cm³/mol. The van der Waals surface area contributed by atoms with Crippen LogP contribution in [-0.4, -0.2) is 24.3 Å².